The Morgan fingerprint density at radius 1 is 1.45 bits per heavy atom. The Labute approximate surface area is 131 Å². The fraction of sp³-hybridized carbons (Fsp3) is 0.333. The summed E-state index contributed by atoms with van der Waals surface area (Å²) in [5.41, 5.74) is 1.02. The third-order valence-electron chi connectivity index (χ3n) is 3.75. The topological polar surface area (TPSA) is 58.4 Å². The van der Waals surface area contributed by atoms with E-state index in [-0.39, 0.29) is 23.6 Å². The van der Waals surface area contributed by atoms with Crippen LogP contribution in [0.5, 0.6) is 0 Å². The molecule has 1 unspecified atom stereocenters. The zero-order valence-electron chi connectivity index (χ0n) is 12.1. The van der Waals surface area contributed by atoms with Crippen LogP contribution in [-0.4, -0.2) is 32.4 Å². The van der Waals surface area contributed by atoms with Crippen molar-refractivity contribution >= 4 is 23.4 Å². The minimum absolute atomic E-state index is 0.0932. The zero-order valence-corrected chi connectivity index (χ0v) is 12.9. The van der Waals surface area contributed by atoms with E-state index in [9.17, 15) is 14.3 Å². The standard InChI is InChI=1S/C15H16FN3O2S/c1-18-10(9-20)8-17-15(18)22-13-6-7-19(14(13)21)12-5-3-2-4-11(12)16/h2-5,8,13,20H,6-7,9H2,1H3. The molecular formula is C15H16FN3O2S. The highest BCUT2D eigenvalue weighted by atomic mass is 32.2. The normalized spacial score (nSPS) is 18.2. The number of benzene rings is 1. The fourth-order valence-corrected chi connectivity index (χ4v) is 3.58. The first kappa shape index (κ1) is 15.1. The number of thioether (sulfide) groups is 1. The molecule has 5 nitrogen and oxygen atoms in total. The van der Waals surface area contributed by atoms with Crippen LogP contribution in [0.25, 0.3) is 0 Å². The number of aromatic nitrogens is 2. The summed E-state index contributed by atoms with van der Waals surface area (Å²) in [6, 6.07) is 6.30. The van der Waals surface area contributed by atoms with Crippen LogP contribution in [0, 0.1) is 5.82 Å². The lowest BCUT2D eigenvalue weighted by atomic mass is 10.3. The number of carbonyl (C=O) groups excluding carboxylic acids is 1. The van der Waals surface area contributed by atoms with E-state index in [1.54, 1.807) is 36.0 Å². The lowest BCUT2D eigenvalue weighted by molar-refractivity contribution is -0.116. The minimum Gasteiger partial charge on any atom is -0.390 e. The predicted molar refractivity (Wildman–Crippen MR) is 82.1 cm³/mol. The van der Waals surface area contributed by atoms with Crippen molar-refractivity contribution in [2.75, 3.05) is 11.4 Å². The highest BCUT2D eigenvalue weighted by Gasteiger charge is 2.35. The molecule has 22 heavy (non-hydrogen) atoms. The van der Waals surface area contributed by atoms with Crippen molar-refractivity contribution < 1.29 is 14.3 Å². The maximum atomic E-state index is 13.8. The molecule has 1 aliphatic heterocycles. The van der Waals surface area contributed by atoms with Gasteiger partial charge in [-0.15, -0.1) is 0 Å². The number of aliphatic hydroxyl groups excluding tert-OH is 1. The molecule has 0 aliphatic carbocycles. The molecule has 0 saturated carbocycles. The monoisotopic (exact) mass is 321 g/mol. The van der Waals surface area contributed by atoms with Gasteiger partial charge in [-0.2, -0.15) is 0 Å². The minimum atomic E-state index is -0.388. The average Bonchev–Trinajstić information content (AvgIpc) is 3.05. The maximum absolute atomic E-state index is 13.8. The van der Waals surface area contributed by atoms with Gasteiger partial charge in [-0.25, -0.2) is 9.37 Å². The number of hydrogen-bond donors (Lipinski definition) is 1. The lowest BCUT2D eigenvalue weighted by Gasteiger charge is -2.17. The number of hydrogen-bond acceptors (Lipinski definition) is 4. The van der Waals surface area contributed by atoms with Gasteiger partial charge in [0.1, 0.15) is 5.82 Å². The second-order valence-electron chi connectivity index (χ2n) is 5.09. The summed E-state index contributed by atoms with van der Waals surface area (Å²) in [5, 5.41) is 9.57. The third-order valence-corrected chi connectivity index (χ3v) is 5.06. The van der Waals surface area contributed by atoms with Gasteiger partial charge < -0.3 is 14.6 Å². The number of nitrogens with zero attached hydrogens (tertiary/aromatic N) is 3. The molecule has 1 aromatic carbocycles. The van der Waals surface area contributed by atoms with Gasteiger partial charge in [0.25, 0.3) is 0 Å². The molecule has 1 N–H and O–H groups in total. The van der Waals surface area contributed by atoms with Gasteiger partial charge in [-0.1, -0.05) is 23.9 Å². The van der Waals surface area contributed by atoms with Crippen molar-refractivity contribution in [2.24, 2.45) is 7.05 Å². The molecule has 1 fully saturated rings. The molecule has 2 aromatic rings. The first-order chi connectivity index (χ1) is 10.6. The van der Waals surface area contributed by atoms with E-state index in [1.807, 2.05) is 0 Å². The van der Waals surface area contributed by atoms with Gasteiger partial charge in [-0.3, -0.25) is 4.79 Å². The Hall–Kier alpha value is -1.86. The van der Waals surface area contributed by atoms with Crippen molar-refractivity contribution in [1.82, 2.24) is 9.55 Å². The summed E-state index contributed by atoms with van der Waals surface area (Å²) < 4.78 is 15.6. The van der Waals surface area contributed by atoms with E-state index < -0.39 is 0 Å². The van der Waals surface area contributed by atoms with Gasteiger partial charge in [0.2, 0.25) is 5.91 Å². The molecule has 3 rings (SSSR count). The SMILES string of the molecule is Cn1c(CO)cnc1SC1CCN(c2ccccc2F)C1=O. The van der Waals surface area contributed by atoms with Gasteiger partial charge in [0, 0.05) is 13.6 Å². The Kier molecular flexibility index (Phi) is 4.17. The van der Waals surface area contributed by atoms with Gasteiger partial charge >= 0.3 is 0 Å². The number of aliphatic hydroxyl groups is 1. The Balaban J connectivity index is 1.76. The summed E-state index contributed by atoms with van der Waals surface area (Å²) in [5.74, 6) is -0.496. The fourth-order valence-electron chi connectivity index (χ4n) is 2.48. The van der Waals surface area contributed by atoms with E-state index in [0.717, 1.165) is 0 Å². The summed E-state index contributed by atoms with van der Waals surface area (Å²) in [6.07, 6.45) is 2.23. The molecule has 116 valence electrons. The van der Waals surface area contributed by atoms with E-state index in [4.69, 9.17) is 0 Å². The van der Waals surface area contributed by atoms with Gasteiger partial charge in [-0.05, 0) is 18.6 Å². The van der Waals surface area contributed by atoms with Crippen molar-refractivity contribution in [1.29, 1.82) is 0 Å². The van der Waals surface area contributed by atoms with Crippen molar-refractivity contribution in [3.05, 3.63) is 42.0 Å². The number of carbonyl (C=O) groups is 1. The van der Waals surface area contributed by atoms with Crippen LogP contribution in [-0.2, 0) is 18.4 Å². The predicted octanol–water partition coefficient (Wildman–Crippen LogP) is 1.95. The maximum Gasteiger partial charge on any atom is 0.240 e. The molecule has 1 saturated heterocycles. The van der Waals surface area contributed by atoms with Crippen LogP contribution < -0.4 is 4.90 Å². The number of para-hydroxylation sites is 1. The van der Waals surface area contributed by atoms with E-state index in [1.165, 1.54) is 22.7 Å². The second kappa shape index (κ2) is 6.10. The van der Waals surface area contributed by atoms with Crippen molar-refractivity contribution in [3.63, 3.8) is 0 Å². The second-order valence-corrected chi connectivity index (χ2v) is 6.26. The molecule has 7 heteroatoms. The summed E-state index contributed by atoms with van der Waals surface area (Å²) >= 11 is 1.35. The van der Waals surface area contributed by atoms with Crippen LogP contribution in [0.2, 0.25) is 0 Å². The first-order valence-electron chi connectivity index (χ1n) is 6.96. The highest BCUT2D eigenvalue weighted by Crippen LogP contribution is 2.33. The third kappa shape index (κ3) is 2.62. The van der Waals surface area contributed by atoms with Crippen LogP contribution >= 0.6 is 11.8 Å². The lowest BCUT2D eigenvalue weighted by Crippen LogP contribution is -2.28. The number of anilines is 1. The molecule has 0 spiro atoms. The van der Waals surface area contributed by atoms with E-state index >= 15 is 0 Å². The summed E-state index contributed by atoms with van der Waals surface area (Å²) in [4.78, 5) is 18.2. The largest absolute Gasteiger partial charge is 0.390 e. The Bertz CT molecular complexity index is 704. The van der Waals surface area contributed by atoms with E-state index in [2.05, 4.69) is 4.98 Å². The number of rotatable bonds is 4. The van der Waals surface area contributed by atoms with Crippen LogP contribution in [0.3, 0.4) is 0 Å². The number of halogens is 1. The molecule has 1 aromatic heterocycles. The number of imidazole rings is 1. The van der Waals surface area contributed by atoms with Crippen LogP contribution in [0.15, 0.2) is 35.6 Å². The summed E-state index contributed by atoms with van der Waals surface area (Å²) in [6.45, 7) is 0.402. The Morgan fingerprint density at radius 3 is 2.91 bits per heavy atom. The van der Waals surface area contributed by atoms with Crippen molar-refractivity contribution in [2.45, 2.75) is 23.4 Å². The molecule has 0 radical (unpaired) electrons. The van der Waals surface area contributed by atoms with Gasteiger partial charge in [0.05, 0.1) is 29.4 Å². The van der Waals surface area contributed by atoms with Gasteiger partial charge in [0.15, 0.2) is 5.16 Å². The summed E-state index contributed by atoms with van der Waals surface area (Å²) in [7, 11) is 1.80. The molecular weight excluding hydrogens is 305 g/mol. The number of amides is 1. The van der Waals surface area contributed by atoms with Crippen LogP contribution in [0.4, 0.5) is 10.1 Å². The Morgan fingerprint density at radius 2 is 2.23 bits per heavy atom. The average molecular weight is 321 g/mol. The smallest absolute Gasteiger partial charge is 0.240 e. The van der Waals surface area contributed by atoms with Crippen molar-refractivity contribution in [3.8, 4) is 0 Å². The molecule has 1 amide bonds. The molecule has 0 bridgehead atoms. The zero-order chi connectivity index (χ0) is 15.7. The van der Waals surface area contributed by atoms with E-state index in [0.29, 0.717) is 29.5 Å². The molecule has 1 aliphatic rings. The molecule has 2 heterocycles. The highest BCUT2D eigenvalue weighted by molar-refractivity contribution is 8.00. The first-order valence-corrected chi connectivity index (χ1v) is 7.83. The molecule has 1 atom stereocenters. The van der Waals surface area contributed by atoms with Crippen LogP contribution in [0.1, 0.15) is 12.1 Å². The quantitative estimate of drug-likeness (QED) is 0.935.